The fraction of sp³-hybridized carbons (Fsp3) is 0.538. The quantitative estimate of drug-likeness (QED) is 0.789. The van der Waals surface area contributed by atoms with Crippen LogP contribution in [0.25, 0.3) is 0 Å². The molecule has 2 N–H and O–H groups in total. The second kappa shape index (κ2) is 5.77. The minimum Gasteiger partial charge on any atom is -0.486 e. The predicted molar refractivity (Wildman–Crippen MR) is 69.0 cm³/mol. The van der Waals surface area contributed by atoms with Gasteiger partial charge in [-0.2, -0.15) is 0 Å². The van der Waals surface area contributed by atoms with Crippen LogP contribution in [-0.4, -0.2) is 33.4 Å². The van der Waals surface area contributed by atoms with Gasteiger partial charge in [0.1, 0.15) is 13.2 Å². The van der Waals surface area contributed by atoms with Crippen LogP contribution in [-0.2, 0) is 0 Å². The molecule has 0 radical (unpaired) electrons. The largest absolute Gasteiger partial charge is 0.486 e. The molecule has 17 heavy (non-hydrogen) atoms. The van der Waals surface area contributed by atoms with Gasteiger partial charge >= 0.3 is 0 Å². The Hall–Kier alpha value is -1.42. The molecule has 4 heteroatoms. The highest BCUT2D eigenvalue weighted by Gasteiger charge is 2.12. The Morgan fingerprint density at radius 1 is 1.18 bits per heavy atom. The molecule has 0 atom stereocenters. The number of anilines is 1. The van der Waals surface area contributed by atoms with E-state index in [1.54, 1.807) is 0 Å². The number of nitrogens with zero attached hydrogens (tertiary/aromatic N) is 1. The number of benzene rings is 1. The van der Waals surface area contributed by atoms with E-state index in [4.69, 9.17) is 15.2 Å². The molecule has 0 saturated heterocycles. The summed E-state index contributed by atoms with van der Waals surface area (Å²) in [6.07, 6.45) is 2.18. The first kappa shape index (κ1) is 12.0. The van der Waals surface area contributed by atoms with Crippen molar-refractivity contribution < 1.29 is 9.47 Å². The van der Waals surface area contributed by atoms with Crippen LogP contribution in [0.1, 0.15) is 12.8 Å². The van der Waals surface area contributed by atoms with Gasteiger partial charge in [-0.25, -0.2) is 0 Å². The van der Waals surface area contributed by atoms with Crippen molar-refractivity contribution in [1.29, 1.82) is 0 Å². The average molecular weight is 236 g/mol. The van der Waals surface area contributed by atoms with Crippen LogP contribution in [0.5, 0.6) is 11.5 Å². The summed E-state index contributed by atoms with van der Waals surface area (Å²) in [5.74, 6) is 1.69. The van der Waals surface area contributed by atoms with E-state index in [2.05, 4.69) is 18.0 Å². The van der Waals surface area contributed by atoms with Crippen molar-refractivity contribution in [1.82, 2.24) is 0 Å². The molecule has 0 fully saturated rings. The van der Waals surface area contributed by atoms with Crippen molar-refractivity contribution in [3.05, 3.63) is 18.2 Å². The van der Waals surface area contributed by atoms with E-state index in [0.29, 0.717) is 13.2 Å². The summed E-state index contributed by atoms with van der Waals surface area (Å²) >= 11 is 0. The Morgan fingerprint density at radius 2 is 1.94 bits per heavy atom. The van der Waals surface area contributed by atoms with Gasteiger partial charge in [0, 0.05) is 25.3 Å². The molecule has 0 saturated carbocycles. The molecular weight excluding hydrogens is 216 g/mol. The Balaban J connectivity index is 2.00. The molecule has 94 valence electrons. The van der Waals surface area contributed by atoms with E-state index in [1.165, 1.54) is 0 Å². The number of unbranched alkanes of at least 4 members (excludes halogenated alkanes) is 1. The second-order valence-electron chi connectivity index (χ2n) is 4.25. The highest BCUT2D eigenvalue weighted by molar-refractivity contribution is 5.56. The normalized spacial score (nSPS) is 13.5. The third-order valence-electron chi connectivity index (χ3n) is 2.91. The first-order valence-electron chi connectivity index (χ1n) is 6.12. The van der Waals surface area contributed by atoms with Gasteiger partial charge in [0.05, 0.1) is 0 Å². The van der Waals surface area contributed by atoms with Gasteiger partial charge in [-0.05, 0) is 31.5 Å². The van der Waals surface area contributed by atoms with Crippen LogP contribution in [0.3, 0.4) is 0 Å². The molecule has 1 aliphatic rings. The fourth-order valence-electron chi connectivity index (χ4n) is 1.89. The molecule has 0 aromatic heterocycles. The van der Waals surface area contributed by atoms with Crippen LogP contribution < -0.4 is 20.1 Å². The van der Waals surface area contributed by atoms with E-state index in [1.807, 2.05) is 12.1 Å². The summed E-state index contributed by atoms with van der Waals surface area (Å²) in [6, 6.07) is 6.08. The van der Waals surface area contributed by atoms with Crippen LogP contribution in [0.2, 0.25) is 0 Å². The average Bonchev–Trinajstić information content (AvgIpc) is 2.38. The van der Waals surface area contributed by atoms with Gasteiger partial charge in [0.15, 0.2) is 11.5 Å². The maximum Gasteiger partial charge on any atom is 0.163 e. The second-order valence-corrected chi connectivity index (χ2v) is 4.25. The topological polar surface area (TPSA) is 47.7 Å². The smallest absolute Gasteiger partial charge is 0.163 e. The van der Waals surface area contributed by atoms with Gasteiger partial charge in [-0.15, -0.1) is 0 Å². The lowest BCUT2D eigenvalue weighted by molar-refractivity contribution is 0.171. The minimum atomic E-state index is 0.632. The maximum atomic E-state index is 5.57. The van der Waals surface area contributed by atoms with E-state index in [-0.39, 0.29) is 0 Å². The van der Waals surface area contributed by atoms with Crippen molar-refractivity contribution in [3.8, 4) is 11.5 Å². The van der Waals surface area contributed by atoms with Crippen LogP contribution in [0, 0.1) is 0 Å². The fourth-order valence-corrected chi connectivity index (χ4v) is 1.89. The first-order chi connectivity index (χ1) is 8.31. The van der Waals surface area contributed by atoms with Gasteiger partial charge < -0.3 is 20.1 Å². The SMILES string of the molecule is CN(CCCCN)c1ccc2c(c1)OCCO2. The van der Waals surface area contributed by atoms with Gasteiger partial charge in [-0.3, -0.25) is 0 Å². The van der Waals surface area contributed by atoms with Gasteiger partial charge in [-0.1, -0.05) is 0 Å². The highest BCUT2D eigenvalue weighted by Crippen LogP contribution is 2.33. The molecule has 1 heterocycles. The summed E-state index contributed by atoms with van der Waals surface area (Å²) in [6.45, 7) is 3.04. The molecule has 0 unspecified atom stereocenters. The summed E-state index contributed by atoms with van der Waals surface area (Å²) in [5, 5.41) is 0. The monoisotopic (exact) mass is 236 g/mol. The Labute approximate surface area is 102 Å². The van der Waals surface area contributed by atoms with Gasteiger partial charge in [0.25, 0.3) is 0 Å². The van der Waals surface area contributed by atoms with Crippen molar-refractivity contribution in [2.45, 2.75) is 12.8 Å². The predicted octanol–water partition coefficient (Wildman–Crippen LogP) is 1.63. The Morgan fingerprint density at radius 3 is 2.71 bits per heavy atom. The molecule has 4 nitrogen and oxygen atoms in total. The molecule has 1 aromatic rings. The molecule has 0 aliphatic carbocycles. The molecule has 0 spiro atoms. The molecule has 1 aromatic carbocycles. The first-order valence-corrected chi connectivity index (χ1v) is 6.12. The van der Waals surface area contributed by atoms with Crippen molar-refractivity contribution in [2.24, 2.45) is 5.73 Å². The van der Waals surface area contributed by atoms with Crippen LogP contribution >= 0.6 is 0 Å². The van der Waals surface area contributed by atoms with E-state index >= 15 is 0 Å². The van der Waals surface area contributed by atoms with Crippen molar-refractivity contribution in [3.63, 3.8) is 0 Å². The maximum absolute atomic E-state index is 5.57. The molecule has 2 rings (SSSR count). The Kier molecular flexibility index (Phi) is 4.09. The number of hydrogen-bond acceptors (Lipinski definition) is 4. The zero-order valence-electron chi connectivity index (χ0n) is 10.3. The van der Waals surface area contributed by atoms with E-state index < -0.39 is 0 Å². The minimum absolute atomic E-state index is 0.632. The standard InChI is InChI=1S/C13H20N2O2/c1-15(7-3-2-6-14)11-4-5-12-13(10-11)17-9-8-16-12/h4-5,10H,2-3,6-9,14H2,1H3. The summed E-state index contributed by atoms with van der Waals surface area (Å²) in [4.78, 5) is 2.22. The summed E-state index contributed by atoms with van der Waals surface area (Å²) in [5.41, 5.74) is 6.65. The lowest BCUT2D eigenvalue weighted by Crippen LogP contribution is -2.20. The number of ether oxygens (including phenoxy) is 2. The van der Waals surface area contributed by atoms with Crippen molar-refractivity contribution in [2.75, 3.05) is 38.3 Å². The van der Waals surface area contributed by atoms with Crippen molar-refractivity contribution >= 4 is 5.69 Å². The highest BCUT2D eigenvalue weighted by atomic mass is 16.6. The third-order valence-corrected chi connectivity index (χ3v) is 2.91. The Bertz CT molecular complexity index is 368. The molecule has 0 bridgehead atoms. The number of hydrogen-bond donors (Lipinski definition) is 1. The zero-order valence-corrected chi connectivity index (χ0v) is 10.3. The van der Waals surface area contributed by atoms with Gasteiger partial charge in [0.2, 0.25) is 0 Å². The molecule has 0 amide bonds. The van der Waals surface area contributed by atoms with Crippen LogP contribution in [0.15, 0.2) is 18.2 Å². The zero-order chi connectivity index (χ0) is 12.1. The molecular formula is C13H20N2O2. The van der Waals surface area contributed by atoms with E-state index in [0.717, 1.165) is 43.1 Å². The summed E-state index contributed by atoms with van der Waals surface area (Å²) in [7, 11) is 2.09. The lowest BCUT2D eigenvalue weighted by atomic mass is 10.2. The number of rotatable bonds is 5. The van der Waals surface area contributed by atoms with Crippen LogP contribution in [0.4, 0.5) is 5.69 Å². The third kappa shape index (κ3) is 3.03. The number of fused-ring (bicyclic) bond motifs is 1. The lowest BCUT2D eigenvalue weighted by Gasteiger charge is -2.23. The molecule has 1 aliphatic heterocycles. The summed E-state index contributed by atoms with van der Waals surface area (Å²) < 4.78 is 11.1. The van der Waals surface area contributed by atoms with E-state index in [9.17, 15) is 0 Å². The number of nitrogens with two attached hydrogens (primary N) is 1.